The van der Waals surface area contributed by atoms with E-state index in [1.807, 2.05) is 6.07 Å². The molecule has 0 spiro atoms. The summed E-state index contributed by atoms with van der Waals surface area (Å²) in [6, 6.07) is 5.07. The van der Waals surface area contributed by atoms with Crippen LogP contribution < -0.4 is 5.32 Å². The molecule has 0 aliphatic heterocycles. The minimum absolute atomic E-state index is 0.130. The van der Waals surface area contributed by atoms with E-state index in [9.17, 15) is 4.39 Å². The molecule has 0 aliphatic carbocycles. The van der Waals surface area contributed by atoms with E-state index >= 15 is 0 Å². The Bertz CT molecular complexity index is 393. The Morgan fingerprint density at radius 3 is 2.39 bits per heavy atom. The van der Waals surface area contributed by atoms with E-state index in [-0.39, 0.29) is 11.4 Å². The normalized spacial score (nSPS) is 15.5. The molecule has 0 bridgehead atoms. The van der Waals surface area contributed by atoms with Crippen molar-refractivity contribution in [3.8, 4) is 0 Å². The molecule has 1 aromatic carbocycles. The molecule has 0 aromatic heterocycles. The fourth-order valence-electron chi connectivity index (χ4n) is 2.05. The van der Waals surface area contributed by atoms with E-state index in [1.54, 1.807) is 6.07 Å². The lowest BCUT2D eigenvalue weighted by atomic mass is 9.86. The maximum atomic E-state index is 13.3. The Morgan fingerprint density at radius 2 is 1.83 bits per heavy atom. The van der Waals surface area contributed by atoms with Crippen LogP contribution in [0.3, 0.4) is 0 Å². The molecule has 2 atom stereocenters. The smallest absolute Gasteiger partial charge is 0.123 e. The lowest BCUT2D eigenvalue weighted by molar-refractivity contribution is 0.358. The van der Waals surface area contributed by atoms with Gasteiger partial charge in [0.05, 0.1) is 0 Å². The number of hydrogen-bond acceptors (Lipinski definition) is 1. The van der Waals surface area contributed by atoms with Crippen LogP contribution in [0.15, 0.2) is 18.2 Å². The summed E-state index contributed by atoms with van der Waals surface area (Å²) < 4.78 is 13.3. The quantitative estimate of drug-likeness (QED) is 0.843. The van der Waals surface area contributed by atoms with Gasteiger partial charge in [0.25, 0.3) is 0 Å². The molecule has 2 unspecified atom stereocenters. The first-order valence-corrected chi connectivity index (χ1v) is 6.72. The van der Waals surface area contributed by atoms with Crippen LogP contribution in [0.1, 0.15) is 51.7 Å². The average molecular weight is 251 g/mol. The molecule has 1 nitrogen and oxygen atoms in total. The summed E-state index contributed by atoms with van der Waals surface area (Å²) in [7, 11) is 0. The zero-order valence-corrected chi connectivity index (χ0v) is 12.5. The molecule has 0 fully saturated rings. The molecule has 1 N–H and O–H groups in total. The fourth-order valence-corrected chi connectivity index (χ4v) is 2.05. The van der Waals surface area contributed by atoms with Crippen LogP contribution in [0, 0.1) is 18.7 Å². The SMILES string of the molecule is Cc1ccc(F)cc1C(C)C(C)CNC(C)(C)C. The Morgan fingerprint density at radius 1 is 1.22 bits per heavy atom. The van der Waals surface area contributed by atoms with E-state index in [0.29, 0.717) is 11.8 Å². The van der Waals surface area contributed by atoms with Gasteiger partial charge in [0.1, 0.15) is 5.82 Å². The zero-order valence-electron chi connectivity index (χ0n) is 12.5. The van der Waals surface area contributed by atoms with Crippen LogP contribution >= 0.6 is 0 Å². The van der Waals surface area contributed by atoms with Crippen molar-refractivity contribution in [2.45, 2.75) is 53.0 Å². The van der Waals surface area contributed by atoms with Gasteiger partial charge in [-0.25, -0.2) is 4.39 Å². The standard InChI is InChI=1S/C16H26FN/c1-11-7-8-14(17)9-15(11)13(3)12(2)10-18-16(4,5)6/h7-9,12-13,18H,10H2,1-6H3. The van der Waals surface area contributed by atoms with E-state index < -0.39 is 0 Å². The minimum atomic E-state index is -0.140. The first-order valence-electron chi connectivity index (χ1n) is 6.72. The van der Waals surface area contributed by atoms with Crippen molar-refractivity contribution in [2.24, 2.45) is 5.92 Å². The van der Waals surface area contributed by atoms with E-state index in [4.69, 9.17) is 0 Å². The average Bonchev–Trinajstić information content (AvgIpc) is 2.27. The second kappa shape index (κ2) is 5.83. The Labute approximate surface area is 111 Å². The predicted octanol–water partition coefficient (Wildman–Crippen LogP) is 4.26. The Kier molecular flexibility index (Phi) is 4.92. The van der Waals surface area contributed by atoms with Crippen molar-refractivity contribution >= 4 is 0 Å². The first-order chi connectivity index (χ1) is 8.20. The van der Waals surface area contributed by atoms with Crippen molar-refractivity contribution in [3.05, 3.63) is 35.1 Å². The molecule has 0 radical (unpaired) electrons. The third kappa shape index (κ3) is 4.41. The topological polar surface area (TPSA) is 12.0 Å². The van der Waals surface area contributed by atoms with Crippen molar-refractivity contribution in [1.29, 1.82) is 0 Å². The summed E-state index contributed by atoms with van der Waals surface area (Å²) in [5.74, 6) is 0.693. The summed E-state index contributed by atoms with van der Waals surface area (Å²) in [5, 5.41) is 3.51. The molecule has 18 heavy (non-hydrogen) atoms. The van der Waals surface area contributed by atoms with Gasteiger partial charge in [0.2, 0.25) is 0 Å². The second-order valence-electron chi connectivity index (χ2n) is 6.40. The summed E-state index contributed by atoms with van der Waals surface area (Å²) in [4.78, 5) is 0. The van der Waals surface area contributed by atoms with Crippen LogP contribution in [-0.4, -0.2) is 12.1 Å². The largest absolute Gasteiger partial charge is 0.312 e. The molecule has 102 valence electrons. The molecular weight excluding hydrogens is 225 g/mol. The number of halogens is 1. The maximum Gasteiger partial charge on any atom is 0.123 e. The van der Waals surface area contributed by atoms with Gasteiger partial charge in [-0.15, -0.1) is 0 Å². The van der Waals surface area contributed by atoms with E-state index in [0.717, 1.165) is 12.1 Å². The number of benzene rings is 1. The van der Waals surface area contributed by atoms with Crippen LogP contribution in [0.25, 0.3) is 0 Å². The molecule has 0 saturated heterocycles. The molecule has 0 aliphatic rings. The first kappa shape index (κ1) is 15.2. The summed E-state index contributed by atoms with van der Waals surface area (Å²) in [5.41, 5.74) is 2.43. The Hall–Kier alpha value is -0.890. The van der Waals surface area contributed by atoms with Gasteiger partial charge in [0, 0.05) is 5.54 Å². The van der Waals surface area contributed by atoms with E-state index in [2.05, 4.69) is 46.9 Å². The van der Waals surface area contributed by atoms with Gasteiger partial charge < -0.3 is 5.32 Å². The monoisotopic (exact) mass is 251 g/mol. The molecule has 0 heterocycles. The number of aryl methyl sites for hydroxylation is 1. The maximum absolute atomic E-state index is 13.3. The number of hydrogen-bond donors (Lipinski definition) is 1. The third-order valence-electron chi connectivity index (χ3n) is 3.54. The summed E-state index contributed by atoms with van der Waals surface area (Å²) in [6.07, 6.45) is 0. The molecule has 2 heteroatoms. The lowest BCUT2D eigenvalue weighted by Crippen LogP contribution is -2.39. The summed E-state index contributed by atoms with van der Waals surface area (Å²) in [6.45, 7) is 13.9. The fraction of sp³-hybridized carbons (Fsp3) is 0.625. The van der Waals surface area contributed by atoms with Gasteiger partial charge in [-0.3, -0.25) is 0 Å². The Balaban J connectivity index is 2.74. The van der Waals surface area contributed by atoms with Gasteiger partial charge >= 0.3 is 0 Å². The van der Waals surface area contributed by atoms with Crippen molar-refractivity contribution in [1.82, 2.24) is 5.32 Å². The molecule has 0 saturated carbocycles. The second-order valence-corrected chi connectivity index (χ2v) is 6.40. The van der Waals surface area contributed by atoms with Gasteiger partial charge in [-0.2, -0.15) is 0 Å². The third-order valence-corrected chi connectivity index (χ3v) is 3.54. The van der Waals surface area contributed by atoms with Crippen molar-refractivity contribution in [3.63, 3.8) is 0 Å². The lowest BCUT2D eigenvalue weighted by Gasteiger charge is -2.27. The predicted molar refractivity (Wildman–Crippen MR) is 76.5 cm³/mol. The van der Waals surface area contributed by atoms with Gasteiger partial charge in [0.15, 0.2) is 0 Å². The molecule has 0 amide bonds. The van der Waals surface area contributed by atoms with Crippen LogP contribution in [0.4, 0.5) is 4.39 Å². The highest BCUT2D eigenvalue weighted by Gasteiger charge is 2.19. The zero-order chi connectivity index (χ0) is 13.9. The van der Waals surface area contributed by atoms with Gasteiger partial charge in [-0.05, 0) is 69.3 Å². The highest BCUT2D eigenvalue weighted by Crippen LogP contribution is 2.27. The van der Waals surface area contributed by atoms with Crippen LogP contribution in [0.2, 0.25) is 0 Å². The number of rotatable bonds is 4. The number of nitrogens with one attached hydrogen (secondary N) is 1. The highest BCUT2D eigenvalue weighted by atomic mass is 19.1. The molecule has 1 aromatic rings. The van der Waals surface area contributed by atoms with Crippen molar-refractivity contribution < 1.29 is 4.39 Å². The van der Waals surface area contributed by atoms with Crippen LogP contribution in [0.5, 0.6) is 0 Å². The molecule has 1 rings (SSSR count). The van der Waals surface area contributed by atoms with Crippen molar-refractivity contribution in [2.75, 3.05) is 6.54 Å². The van der Waals surface area contributed by atoms with Gasteiger partial charge in [-0.1, -0.05) is 19.9 Å². The summed E-state index contributed by atoms with van der Waals surface area (Å²) >= 11 is 0. The van der Waals surface area contributed by atoms with E-state index in [1.165, 1.54) is 11.6 Å². The van der Waals surface area contributed by atoms with Crippen LogP contribution in [-0.2, 0) is 0 Å². The highest BCUT2D eigenvalue weighted by molar-refractivity contribution is 5.30. The molecular formula is C16H26FN. The minimum Gasteiger partial charge on any atom is -0.312 e.